The maximum absolute atomic E-state index is 15.0. The number of fused-ring (bicyclic) bond motifs is 1. The van der Waals surface area contributed by atoms with Crippen LogP contribution in [0, 0.1) is 11.7 Å². The van der Waals surface area contributed by atoms with E-state index in [1.54, 1.807) is 4.90 Å². The van der Waals surface area contributed by atoms with Gasteiger partial charge in [0.15, 0.2) is 17.3 Å². The smallest absolute Gasteiger partial charge is 0.341 e. The molecule has 1 atom stereocenters. The van der Waals surface area contributed by atoms with E-state index in [1.165, 1.54) is 10.9 Å². The first-order chi connectivity index (χ1) is 16.8. The molecular weight excluding hydrogens is 479 g/mol. The van der Waals surface area contributed by atoms with Crippen LogP contribution < -0.4 is 15.6 Å². The lowest BCUT2D eigenvalue weighted by Crippen LogP contribution is -2.56. The maximum atomic E-state index is 15.0. The number of carboxylic acid groups (broad SMARTS) is 1. The van der Waals surface area contributed by atoms with Gasteiger partial charge in [-0.3, -0.25) is 14.2 Å². The van der Waals surface area contributed by atoms with Crippen LogP contribution in [-0.4, -0.2) is 67.7 Å². The van der Waals surface area contributed by atoms with E-state index >= 15 is 4.39 Å². The highest BCUT2D eigenvalue weighted by atomic mass is 32.1. The summed E-state index contributed by atoms with van der Waals surface area (Å²) in [4.78, 5) is 46.9. The molecule has 0 spiro atoms. The van der Waals surface area contributed by atoms with Crippen molar-refractivity contribution in [2.45, 2.75) is 31.8 Å². The third-order valence-electron chi connectivity index (χ3n) is 6.44. The van der Waals surface area contributed by atoms with E-state index in [1.807, 2.05) is 6.92 Å². The summed E-state index contributed by atoms with van der Waals surface area (Å²) in [5.41, 5.74) is -1.68. The highest BCUT2D eigenvalue weighted by molar-refractivity contribution is 7.08. The molecule has 35 heavy (non-hydrogen) atoms. The van der Waals surface area contributed by atoms with Gasteiger partial charge in [0.2, 0.25) is 16.5 Å². The van der Waals surface area contributed by atoms with Crippen molar-refractivity contribution in [3.8, 4) is 5.13 Å². The number of nitrogens with one attached hydrogen (secondary N) is 1. The van der Waals surface area contributed by atoms with E-state index in [0.29, 0.717) is 13.2 Å². The minimum atomic E-state index is -1.44. The van der Waals surface area contributed by atoms with Gasteiger partial charge in [0.1, 0.15) is 11.9 Å². The number of carbonyl (C=O) groups excluding carboxylic acids is 1. The Balaban J connectivity index is 1.38. The minimum Gasteiger partial charge on any atom is -0.477 e. The van der Waals surface area contributed by atoms with E-state index in [0.717, 1.165) is 43.1 Å². The number of carboxylic acids is 1. The van der Waals surface area contributed by atoms with Crippen LogP contribution >= 0.6 is 11.5 Å². The van der Waals surface area contributed by atoms with Crippen LogP contribution in [0.4, 0.5) is 10.2 Å². The number of hydrogen-bond acceptors (Lipinski definition) is 9. The standard InChI is InChI=1S/C22H23FN6O5S/c1-22(4-2-3-5-34-22)10-24-19(31)12-7-28(8-12)18-15(23)6-13-16(30)14(20(32)33)9-29(17(13)27-18)21-25-11-26-35-21/h6,9,11-12H,2-5,7-8,10H2,1H3,(H,24,31)(H,32,33). The van der Waals surface area contributed by atoms with Crippen molar-refractivity contribution in [1.29, 1.82) is 0 Å². The highest BCUT2D eigenvalue weighted by Crippen LogP contribution is 2.29. The van der Waals surface area contributed by atoms with Crippen molar-refractivity contribution in [1.82, 2.24) is 24.2 Å². The molecule has 0 aliphatic carbocycles. The van der Waals surface area contributed by atoms with Gasteiger partial charge in [-0.15, -0.1) is 0 Å². The molecular formula is C22H23FN6O5S. The van der Waals surface area contributed by atoms with Gasteiger partial charge in [-0.1, -0.05) is 0 Å². The fourth-order valence-corrected chi connectivity index (χ4v) is 4.88. The Kier molecular flexibility index (Phi) is 5.97. The van der Waals surface area contributed by atoms with Crippen LogP contribution in [0.5, 0.6) is 0 Å². The summed E-state index contributed by atoms with van der Waals surface area (Å²) >= 11 is 0.973. The summed E-state index contributed by atoms with van der Waals surface area (Å²) in [5, 5.41) is 12.5. The number of halogens is 1. The van der Waals surface area contributed by atoms with Gasteiger partial charge in [0.25, 0.3) is 0 Å². The minimum absolute atomic E-state index is 0.0233. The topological polar surface area (TPSA) is 140 Å². The van der Waals surface area contributed by atoms with Gasteiger partial charge in [0, 0.05) is 44.0 Å². The van der Waals surface area contributed by atoms with Gasteiger partial charge >= 0.3 is 5.97 Å². The number of rotatable bonds is 6. The summed E-state index contributed by atoms with van der Waals surface area (Å²) in [7, 11) is 0. The van der Waals surface area contributed by atoms with E-state index in [4.69, 9.17) is 4.74 Å². The van der Waals surface area contributed by atoms with Gasteiger partial charge < -0.3 is 20.1 Å². The predicted molar refractivity (Wildman–Crippen MR) is 125 cm³/mol. The fourth-order valence-electron chi connectivity index (χ4n) is 4.37. The zero-order chi connectivity index (χ0) is 24.7. The van der Waals surface area contributed by atoms with Gasteiger partial charge in [-0.2, -0.15) is 4.37 Å². The van der Waals surface area contributed by atoms with Crippen LogP contribution in [0.2, 0.25) is 0 Å². The molecule has 11 nitrogen and oxygen atoms in total. The Hall–Kier alpha value is -3.45. The molecule has 2 fully saturated rings. The maximum Gasteiger partial charge on any atom is 0.341 e. The zero-order valence-corrected chi connectivity index (χ0v) is 19.7. The largest absolute Gasteiger partial charge is 0.477 e. The summed E-state index contributed by atoms with van der Waals surface area (Å²) in [6.45, 7) is 3.61. The van der Waals surface area contributed by atoms with Crippen molar-refractivity contribution in [2.24, 2.45) is 5.92 Å². The highest BCUT2D eigenvalue weighted by Gasteiger charge is 2.37. The summed E-state index contributed by atoms with van der Waals surface area (Å²) in [6.07, 6.45) is 5.37. The number of nitrogens with zero attached hydrogens (tertiary/aromatic N) is 5. The molecule has 0 aromatic carbocycles. The molecule has 5 rings (SSSR count). The third kappa shape index (κ3) is 4.36. The SMILES string of the molecule is CC1(CNC(=O)C2CN(c3nc4c(cc3F)c(=O)c(C(=O)O)cn4-c3ncns3)C2)CCCCO1. The van der Waals surface area contributed by atoms with Gasteiger partial charge in [0.05, 0.1) is 16.9 Å². The summed E-state index contributed by atoms with van der Waals surface area (Å²) in [6, 6.07) is 0.985. The lowest BCUT2D eigenvalue weighted by atomic mass is 9.94. The van der Waals surface area contributed by atoms with Crippen molar-refractivity contribution in [3.05, 3.63) is 40.2 Å². The van der Waals surface area contributed by atoms with Crippen molar-refractivity contribution in [3.63, 3.8) is 0 Å². The third-order valence-corrected chi connectivity index (χ3v) is 7.10. The normalized spacial score (nSPS) is 20.6. The Morgan fingerprint density at radius 2 is 2.17 bits per heavy atom. The monoisotopic (exact) mass is 502 g/mol. The average Bonchev–Trinajstić information content (AvgIpc) is 3.33. The van der Waals surface area contributed by atoms with Crippen molar-refractivity contribution < 1.29 is 23.8 Å². The Labute approximate surface area is 202 Å². The Bertz CT molecular complexity index is 1350. The average molecular weight is 503 g/mol. The number of pyridine rings is 2. The second kappa shape index (κ2) is 8.96. The van der Waals surface area contributed by atoms with Crippen LogP contribution in [0.3, 0.4) is 0 Å². The summed E-state index contributed by atoms with van der Waals surface area (Å²) < 4.78 is 26.0. The second-order valence-corrected chi connectivity index (χ2v) is 9.77. The molecule has 184 valence electrons. The molecule has 3 aromatic rings. The van der Waals surface area contributed by atoms with Crippen LogP contribution in [0.1, 0.15) is 36.5 Å². The number of aromatic nitrogens is 4. The van der Waals surface area contributed by atoms with E-state index in [-0.39, 0.29) is 52.5 Å². The molecule has 3 aromatic heterocycles. The second-order valence-electron chi connectivity index (χ2n) is 9.01. The molecule has 5 heterocycles. The number of aromatic carboxylic acids is 1. The quantitative estimate of drug-likeness (QED) is 0.514. The van der Waals surface area contributed by atoms with Crippen LogP contribution in [0.15, 0.2) is 23.4 Å². The molecule has 2 aliphatic heterocycles. The Morgan fingerprint density at radius 3 is 2.83 bits per heavy atom. The molecule has 13 heteroatoms. The van der Waals surface area contributed by atoms with Crippen molar-refractivity contribution >= 4 is 40.3 Å². The van der Waals surface area contributed by atoms with Crippen LogP contribution in [-0.2, 0) is 9.53 Å². The first kappa shape index (κ1) is 23.3. The van der Waals surface area contributed by atoms with Gasteiger partial charge in [-0.25, -0.2) is 19.2 Å². The summed E-state index contributed by atoms with van der Waals surface area (Å²) in [5.74, 6) is -2.70. The number of amides is 1. The predicted octanol–water partition coefficient (Wildman–Crippen LogP) is 1.59. The molecule has 0 saturated carbocycles. The first-order valence-electron chi connectivity index (χ1n) is 11.2. The van der Waals surface area contributed by atoms with E-state index in [9.17, 15) is 19.5 Å². The molecule has 2 N–H and O–H groups in total. The van der Waals surface area contributed by atoms with E-state index < -0.39 is 22.8 Å². The van der Waals surface area contributed by atoms with Gasteiger partial charge in [-0.05, 0) is 32.3 Å². The lowest BCUT2D eigenvalue weighted by Gasteiger charge is -2.40. The Morgan fingerprint density at radius 1 is 1.37 bits per heavy atom. The lowest BCUT2D eigenvalue weighted by molar-refractivity contribution is -0.128. The number of anilines is 1. The van der Waals surface area contributed by atoms with Crippen LogP contribution in [0.25, 0.3) is 16.2 Å². The fraction of sp³-hybridized carbons (Fsp3) is 0.455. The molecule has 1 amide bonds. The number of carbonyl (C=O) groups is 2. The number of hydrogen-bond donors (Lipinski definition) is 2. The zero-order valence-electron chi connectivity index (χ0n) is 18.9. The molecule has 2 saturated heterocycles. The number of ether oxygens (including phenoxy) is 1. The van der Waals surface area contributed by atoms with E-state index in [2.05, 4.69) is 19.7 Å². The first-order valence-corrected chi connectivity index (χ1v) is 12.0. The molecule has 1 unspecified atom stereocenters. The molecule has 2 aliphatic rings. The van der Waals surface area contributed by atoms with Crippen molar-refractivity contribution in [2.75, 3.05) is 31.1 Å². The molecule has 0 radical (unpaired) electrons. The molecule has 0 bridgehead atoms.